The van der Waals surface area contributed by atoms with Gasteiger partial charge in [-0.1, -0.05) is 25.3 Å². The van der Waals surface area contributed by atoms with Gasteiger partial charge in [0, 0.05) is 0 Å². The molecule has 0 amide bonds. The van der Waals surface area contributed by atoms with Gasteiger partial charge in [0.25, 0.3) is 0 Å². The summed E-state index contributed by atoms with van der Waals surface area (Å²) in [6.07, 6.45) is 6.62. The van der Waals surface area contributed by atoms with Crippen LogP contribution in [-0.2, 0) is 0 Å². The molecular weight excluding hydrogens is 278 g/mol. The van der Waals surface area contributed by atoms with Gasteiger partial charge in [-0.2, -0.15) is 5.26 Å². The smallest absolute Gasteiger partial charge is 0.161 e. The highest BCUT2D eigenvalue weighted by molar-refractivity contribution is 5.62. The first-order valence-corrected chi connectivity index (χ1v) is 7.97. The van der Waals surface area contributed by atoms with Crippen LogP contribution >= 0.6 is 0 Å². The third-order valence-electron chi connectivity index (χ3n) is 4.43. The van der Waals surface area contributed by atoms with Gasteiger partial charge in [-0.05, 0) is 42.5 Å². The Morgan fingerprint density at radius 1 is 1.18 bits per heavy atom. The van der Waals surface area contributed by atoms with Crippen LogP contribution in [0, 0.1) is 17.2 Å². The summed E-state index contributed by atoms with van der Waals surface area (Å²) in [6, 6.07) is 7.76. The molecule has 1 atom stereocenters. The Morgan fingerprint density at radius 3 is 2.64 bits per heavy atom. The van der Waals surface area contributed by atoms with Crippen LogP contribution < -0.4 is 9.47 Å². The first kappa shape index (κ1) is 14.9. The molecule has 1 aliphatic heterocycles. The highest BCUT2D eigenvalue weighted by Gasteiger charge is 2.25. The summed E-state index contributed by atoms with van der Waals surface area (Å²) in [7, 11) is 0. The van der Waals surface area contributed by atoms with Gasteiger partial charge < -0.3 is 14.6 Å². The fourth-order valence-electron chi connectivity index (χ4n) is 3.22. The number of hydrogen-bond donors (Lipinski definition) is 1. The minimum Gasteiger partial charge on any atom is -0.486 e. The predicted octanol–water partition coefficient (Wildman–Crippen LogP) is 3.31. The van der Waals surface area contributed by atoms with Crippen molar-refractivity contribution in [2.24, 2.45) is 5.92 Å². The van der Waals surface area contributed by atoms with E-state index in [1.807, 2.05) is 18.2 Å². The molecule has 0 radical (unpaired) electrons. The highest BCUT2D eigenvalue weighted by Crippen LogP contribution is 2.33. The molecular formula is C18H21NO3. The van der Waals surface area contributed by atoms with Gasteiger partial charge in [0.05, 0.1) is 17.7 Å². The molecule has 0 spiro atoms. The van der Waals surface area contributed by atoms with E-state index in [9.17, 15) is 10.4 Å². The number of fused-ring (bicyclic) bond motifs is 1. The minimum atomic E-state index is -0.668. The van der Waals surface area contributed by atoms with Crippen molar-refractivity contribution in [2.75, 3.05) is 13.2 Å². The number of nitriles is 1. The summed E-state index contributed by atoms with van der Waals surface area (Å²) in [5, 5.41) is 19.9. The van der Waals surface area contributed by atoms with E-state index in [0.29, 0.717) is 24.5 Å². The molecule has 1 N–H and O–H groups in total. The van der Waals surface area contributed by atoms with Gasteiger partial charge in [0.1, 0.15) is 13.2 Å². The number of aliphatic hydroxyl groups excluding tert-OH is 1. The Bertz CT molecular complexity index is 597. The Hall–Kier alpha value is -1.99. The van der Waals surface area contributed by atoms with Crippen molar-refractivity contribution in [2.45, 2.75) is 38.2 Å². The van der Waals surface area contributed by atoms with Crippen molar-refractivity contribution in [3.8, 4) is 17.6 Å². The van der Waals surface area contributed by atoms with E-state index in [2.05, 4.69) is 6.07 Å². The average Bonchev–Trinajstić information content (AvgIpc) is 2.59. The Labute approximate surface area is 131 Å². The molecule has 0 aromatic heterocycles. The Kier molecular flexibility index (Phi) is 4.65. The quantitative estimate of drug-likeness (QED) is 0.870. The summed E-state index contributed by atoms with van der Waals surface area (Å²) in [4.78, 5) is 0. The van der Waals surface area contributed by atoms with Gasteiger partial charge in [-0.25, -0.2) is 0 Å². The molecule has 2 aliphatic rings. The van der Waals surface area contributed by atoms with E-state index < -0.39 is 6.10 Å². The van der Waals surface area contributed by atoms with Crippen LogP contribution in [0.3, 0.4) is 0 Å². The van der Waals surface area contributed by atoms with Crippen molar-refractivity contribution in [3.05, 3.63) is 29.3 Å². The third-order valence-corrected chi connectivity index (χ3v) is 4.43. The molecule has 3 rings (SSSR count). The Balaban J connectivity index is 1.80. The van der Waals surface area contributed by atoms with Gasteiger partial charge in [0.15, 0.2) is 11.5 Å². The maximum absolute atomic E-state index is 10.5. The largest absolute Gasteiger partial charge is 0.486 e. The molecule has 1 fully saturated rings. The minimum absolute atomic E-state index is 0.205. The number of rotatable bonds is 3. The number of nitrogens with zero attached hydrogens (tertiary/aromatic N) is 1. The SMILES string of the molecule is N#C/C(=C/c1ccc2c(c1)OCCO2)C(O)C1CCCCC1. The molecule has 4 nitrogen and oxygen atoms in total. The molecule has 22 heavy (non-hydrogen) atoms. The fourth-order valence-corrected chi connectivity index (χ4v) is 3.22. The zero-order valence-electron chi connectivity index (χ0n) is 12.6. The van der Waals surface area contributed by atoms with Crippen LogP contribution in [0.15, 0.2) is 23.8 Å². The monoisotopic (exact) mass is 299 g/mol. The van der Waals surface area contributed by atoms with Crippen molar-refractivity contribution in [1.82, 2.24) is 0 Å². The number of hydrogen-bond acceptors (Lipinski definition) is 4. The first-order valence-electron chi connectivity index (χ1n) is 7.97. The van der Waals surface area contributed by atoms with E-state index in [0.717, 1.165) is 37.0 Å². The van der Waals surface area contributed by atoms with Gasteiger partial charge in [-0.3, -0.25) is 0 Å². The lowest BCUT2D eigenvalue weighted by atomic mass is 9.82. The zero-order valence-corrected chi connectivity index (χ0v) is 12.6. The molecule has 116 valence electrons. The molecule has 0 bridgehead atoms. The van der Waals surface area contributed by atoms with Crippen molar-refractivity contribution >= 4 is 6.08 Å². The molecule has 4 heteroatoms. The molecule has 1 unspecified atom stereocenters. The maximum atomic E-state index is 10.5. The predicted molar refractivity (Wildman–Crippen MR) is 83.6 cm³/mol. The van der Waals surface area contributed by atoms with E-state index in [1.165, 1.54) is 6.42 Å². The van der Waals surface area contributed by atoms with Gasteiger partial charge >= 0.3 is 0 Å². The standard InChI is InChI=1S/C18H21NO3/c19-12-15(18(20)14-4-2-1-3-5-14)10-13-6-7-16-17(11-13)22-9-8-21-16/h6-7,10-11,14,18,20H,1-5,8-9H2/b15-10-. The van der Waals surface area contributed by atoms with Gasteiger partial charge in [-0.15, -0.1) is 0 Å². The summed E-state index contributed by atoms with van der Waals surface area (Å²) in [6.45, 7) is 1.10. The lowest BCUT2D eigenvalue weighted by Crippen LogP contribution is -2.24. The van der Waals surface area contributed by atoms with Gasteiger partial charge in [0.2, 0.25) is 0 Å². The molecule has 0 saturated heterocycles. The second-order valence-electron chi connectivity index (χ2n) is 5.96. The van der Waals surface area contributed by atoms with E-state index in [-0.39, 0.29) is 5.92 Å². The molecule has 1 aromatic rings. The van der Waals surface area contributed by atoms with Crippen LogP contribution in [0.2, 0.25) is 0 Å². The molecule has 1 aliphatic carbocycles. The van der Waals surface area contributed by atoms with E-state index in [4.69, 9.17) is 9.47 Å². The fraction of sp³-hybridized carbons (Fsp3) is 0.500. The summed E-state index contributed by atoms with van der Waals surface area (Å²) in [5.74, 6) is 1.64. The van der Waals surface area contributed by atoms with Crippen LogP contribution in [-0.4, -0.2) is 24.4 Å². The normalized spacial score (nSPS) is 20.3. The maximum Gasteiger partial charge on any atom is 0.161 e. The summed E-state index contributed by atoms with van der Waals surface area (Å²) < 4.78 is 11.0. The van der Waals surface area contributed by atoms with Crippen LogP contribution in [0.5, 0.6) is 11.5 Å². The third kappa shape index (κ3) is 3.26. The average molecular weight is 299 g/mol. The first-order chi connectivity index (χ1) is 10.8. The second kappa shape index (κ2) is 6.85. The zero-order chi connectivity index (χ0) is 15.4. The topological polar surface area (TPSA) is 62.5 Å². The Morgan fingerprint density at radius 2 is 1.91 bits per heavy atom. The van der Waals surface area contributed by atoms with Crippen molar-refractivity contribution in [1.29, 1.82) is 5.26 Å². The summed E-state index contributed by atoms with van der Waals surface area (Å²) >= 11 is 0. The lowest BCUT2D eigenvalue weighted by Gasteiger charge is -2.26. The molecule has 1 heterocycles. The van der Waals surface area contributed by atoms with E-state index in [1.54, 1.807) is 6.08 Å². The van der Waals surface area contributed by atoms with Crippen molar-refractivity contribution in [3.63, 3.8) is 0 Å². The van der Waals surface area contributed by atoms with E-state index >= 15 is 0 Å². The molecule has 1 saturated carbocycles. The van der Waals surface area contributed by atoms with Crippen LogP contribution in [0.25, 0.3) is 6.08 Å². The summed E-state index contributed by atoms with van der Waals surface area (Å²) in [5.41, 5.74) is 1.29. The second-order valence-corrected chi connectivity index (χ2v) is 5.96. The van der Waals surface area contributed by atoms with Crippen LogP contribution in [0.4, 0.5) is 0 Å². The number of aliphatic hydroxyl groups is 1. The number of ether oxygens (including phenoxy) is 2. The highest BCUT2D eigenvalue weighted by atomic mass is 16.6. The molecule has 1 aromatic carbocycles. The number of benzene rings is 1. The lowest BCUT2D eigenvalue weighted by molar-refractivity contribution is 0.119. The van der Waals surface area contributed by atoms with Crippen molar-refractivity contribution < 1.29 is 14.6 Å². The van der Waals surface area contributed by atoms with Crippen LogP contribution in [0.1, 0.15) is 37.7 Å².